The fourth-order valence-corrected chi connectivity index (χ4v) is 6.49. The Morgan fingerprint density at radius 3 is 2.76 bits per heavy atom. The number of nitriles is 1. The number of hydrogen-bond donors (Lipinski definition) is 1. The van der Waals surface area contributed by atoms with Gasteiger partial charge in [0.15, 0.2) is 0 Å². The molecule has 10 heteroatoms. The molecule has 0 spiro atoms. The molecule has 1 N–H and O–H groups in total. The first-order valence-electron chi connectivity index (χ1n) is 12.4. The summed E-state index contributed by atoms with van der Waals surface area (Å²) in [5.41, 5.74) is 2.18. The first kappa shape index (κ1) is 22.2. The second-order valence-corrected chi connectivity index (χ2v) is 11.3. The van der Waals surface area contributed by atoms with Crippen LogP contribution in [0.4, 0.5) is 16.8 Å². The van der Waals surface area contributed by atoms with Gasteiger partial charge in [0.1, 0.15) is 10.8 Å². The molecule has 2 aromatic rings. The van der Waals surface area contributed by atoms with Crippen molar-refractivity contribution >= 4 is 28.3 Å². The number of rotatable bonds is 6. The van der Waals surface area contributed by atoms with Crippen molar-refractivity contribution in [2.24, 2.45) is 0 Å². The third-order valence-corrected chi connectivity index (χ3v) is 8.72. The summed E-state index contributed by atoms with van der Waals surface area (Å²) in [6.45, 7) is 10.3. The second kappa shape index (κ2) is 8.72. The van der Waals surface area contributed by atoms with Gasteiger partial charge in [0.25, 0.3) is 0 Å². The Labute approximate surface area is 205 Å². The average molecular weight is 480 g/mol. The molecule has 4 aliphatic rings. The van der Waals surface area contributed by atoms with Crippen molar-refractivity contribution in [3.05, 3.63) is 23.5 Å². The zero-order valence-electron chi connectivity index (χ0n) is 20.1. The largest absolute Gasteiger partial charge is 0.352 e. The van der Waals surface area contributed by atoms with Crippen molar-refractivity contribution in [1.29, 1.82) is 5.26 Å². The molecule has 2 aromatic heterocycles. The van der Waals surface area contributed by atoms with Crippen LogP contribution in [0.25, 0.3) is 0 Å². The highest BCUT2D eigenvalue weighted by atomic mass is 32.1. The number of nitrogens with one attached hydrogen (secondary N) is 1. The van der Waals surface area contributed by atoms with E-state index in [1.54, 1.807) is 0 Å². The molecule has 1 aliphatic carbocycles. The van der Waals surface area contributed by atoms with Crippen molar-refractivity contribution < 1.29 is 0 Å². The lowest BCUT2D eigenvalue weighted by Gasteiger charge is -2.59. The minimum atomic E-state index is -0.0784. The molecule has 34 heavy (non-hydrogen) atoms. The van der Waals surface area contributed by atoms with Gasteiger partial charge in [0, 0.05) is 70.2 Å². The lowest BCUT2D eigenvalue weighted by atomic mass is 9.83. The normalized spacial score (nSPS) is 25.4. The van der Waals surface area contributed by atoms with E-state index in [0.29, 0.717) is 24.3 Å². The third kappa shape index (κ3) is 4.15. The Kier molecular flexibility index (Phi) is 5.68. The van der Waals surface area contributed by atoms with Crippen LogP contribution < -0.4 is 10.2 Å². The molecule has 180 valence electrons. The Hall–Kier alpha value is -2.32. The molecular formula is C24H33N9S. The number of fused-ring (bicyclic) bond motifs is 1. The molecule has 0 radical (unpaired) electrons. The summed E-state index contributed by atoms with van der Waals surface area (Å²) in [6, 6.07) is 5.10. The van der Waals surface area contributed by atoms with Crippen molar-refractivity contribution in [3.63, 3.8) is 0 Å². The Morgan fingerprint density at radius 2 is 2.03 bits per heavy atom. The maximum Gasteiger partial charge on any atom is 0.229 e. The first-order chi connectivity index (χ1) is 16.5. The SMILES string of the molecule is Cc1cc(Nc2ncc(C3CC3)c(N3CC(CC#N)(N4CCN5CCN(C)C[C@H]5C4)C3)n2)sn1. The summed E-state index contributed by atoms with van der Waals surface area (Å²) in [5.74, 6) is 2.24. The second-order valence-electron chi connectivity index (χ2n) is 10.5. The quantitative estimate of drug-likeness (QED) is 0.670. The van der Waals surface area contributed by atoms with Crippen molar-refractivity contribution in [1.82, 2.24) is 29.0 Å². The van der Waals surface area contributed by atoms with E-state index >= 15 is 0 Å². The molecule has 3 saturated heterocycles. The predicted octanol–water partition coefficient (Wildman–Crippen LogP) is 2.27. The monoisotopic (exact) mass is 479 g/mol. The number of piperazine rings is 2. The minimum Gasteiger partial charge on any atom is -0.352 e. The zero-order valence-corrected chi connectivity index (χ0v) is 20.9. The van der Waals surface area contributed by atoms with Gasteiger partial charge in [-0.05, 0) is 50.3 Å². The zero-order chi connectivity index (χ0) is 23.3. The molecule has 4 fully saturated rings. The van der Waals surface area contributed by atoms with Crippen LogP contribution in [0, 0.1) is 18.3 Å². The van der Waals surface area contributed by atoms with Crippen LogP contribution in [0.1, 0.15) is 36.4 Å². The predicted molar refractivity (Wildman–Crippen MR) is 134 cm³/mol. The van der Waals surface area contributed by atoms with Crippen LogP contribution >= 0.6 is 11.5 Å². The van der Waals surface area contributed by atoms with Gasteiger partial charge in [-0.15, -0.1) is 0 Å². The Bertz CT molecular complexity index is 1080. The maximum atomic E-state index is 9.74. The lowest BCUT2D eigenvalue weighted by molar-refractivity contribution is -0.0376. The van der Waals surface area contributed by atoms with Gasteiger partial charge in [-0.2, -0.15) is 14.6 Å². The molecule has 0 bridgehead atoms. The molecule has 3 aliphatic heterocycles. The third-order valence-electron chi connectivity index (χ3n) is 7.92. The van der Waals surface area contributed by atoms with Crippen LogP contribution in [0.5, 0.6) is 0 Å². The fraction of sp³-hybridized carbons (Fsp3) is 0.667. The molecule has 0 unspecified atom stereocenters. The lowest BCUT2D eigenvalue weighted by Crippen LogP contribution is -2.75. The molecule has 5 heterocycles. The number of hydrogen-bond acceptors (Lipinski definition) is 10. The van der Waals surface area contributed by atoms with Crippen LogP contribution in [-0.2, 0) is 0 Å². The summed E-state index contributed by atoms with van der Waals surface area (Å²) >= 11 is 1.43. The van der Waals surface area contributed by atoms with E-state index < -0.39 is 0 Å². The Balaban J connectivity index is 1.21. The van der Waals surface area contributed by atoms with E-state index in [2.05, 4.69) is 47.4 Å². The summed E-state index contributed by atoms with van der Waals surface area (Å²) in [7, 11) is 2.22. The molecule has 9 nitrogen and oxygen atoms in total. The van der Waals surface area contributed by atoms with Crippen LogP contribution in [0.3, 0.4) is 0 Å². The highest BCUT2D eigenvalue weighted by Gasteiger charge is 2.51. The summed E-state index contributed by atoms with van der Waals surface area (Å²) in [4.78, 5) is 19.7. The number of aryl methyl sites for hydroxylation is 1. The summed E-state index contributed by atoms with van der Waals surface area (Å²) < 4.78 is 4.35. The number of likely N-dealkylation sites (N-methyl/N-ethyl adjacent to an activating group) is 1. The Morgan fingerprint density at radius 1 is 1.21 bits per heavy atom. The van der Waals surface area contributed by atoms with E-state index in [1.807, 2.05) is 19.2 Å². The van der Waals surface area contributed by atoms with E-state index in [1.165, 1.54) is 29.9 Å². The van der Waals surface area contributed by atoms with E-state index in [9.17, 15) is 5.26 Å². The van der Waals surface area contributed by atoms with Gasteiger partial charge in [-0.3, -0.25) is 9.80 Å². The smallest absolute Gasteiger partial charge is 0.229 e. The first-order valence-corrected chi connectivity index (χ1v) is 13.2. The minimum absolute atomic E-state index is 0.0784. The van der Waals surface area contributed by atoms with E-state index in [4.69, 9.17) is 4.98 Å². The van der Waals surface area contributed by atoms with Crippen LogP contribution in [-0.4, -0.2) is 100 Å². The van der Waals surface area contributed by atoms with Crippen molar-refractivity contribution in [2.45, 2.75) is 43.7 Å². The highest BCUT2D eigenvalue weighted by Crippen LogP contribution is 2.46. The fourth-order valence-electron chi connectivity index (χ4n) is 5.84. The van der Waals surface area contributed by atoms with Gasteiger partial charge in [-0.1, -0.05) is 0 Å². The van der Waals surface area contributed by atoms with Crippen molar-refractivity contribution in [2.75, 3.05) is 69.6 Å². The number of aromatic nitrogens is 3. The van der Waals surface area contributed by atoms with Gasteiger partial charge in [0.2, 0.25) is 5.95 Å². The summed E-state index contributed by atoms with van der Waals surface area (Å²) in [6.07, 6.45) is 5.01. The molecule has 0 amide bonds. The van der Waals surface area contributed by atoms with Crippen LogP contribution in [0.15, 0.2) is 12.3 Å². The number of anilines is 3. The molecule has 1 atom stereocenters. The summed E-state index contributed by atoms with van der Waals surface area (Å²) in [5, 5.41) is 14.0. The molecule has 1 saturated carbocycles. The van der Waals surface area contributed by atoms with Gasteiger partial charge in [-0.25, -0.2) is 4.98 Å². The van der Waals surface area contributed by atoms with Gasteiger partial charge < -0.3 is 15.1 Å². The average Bonchev–Trinajstić information content (AvgIpc) is 3.57. The maximum absolute atomic E-state index is 9.74. The van der Waals surface area contributed by atoms with Crippen molar-refractivity contribution in [3.8, 4) is 6.07 Å². The van der Waals surface area contributed by atoms with E-state index in [0.717, 1.165) is 68.9 Å². The molecule has 0 aromatic carbocycles. The van der Waals surface area contributed by atoms with Gasteiger partial charge >= 0.3 is 0 Å². The molecular weight excluding hydrogens is 446 g/mol. The standard InChI is InChI=1S/C24H33N9S/c1-17-11-21(34-29-17)27-23-26-12-20(18-3-4-18)22(28-23)32-15-24(16-32,5-6-25)33-10-9-31-8-7-30(2)13-19(31)14-33/h11-12,18-19H,3-5,7-10,13-16H2,1-2H3,(H,26,27,28)/t19-/m0/s1. The molecule has 6 rings (SSSR count). The van der Waals surface area contributed by atoms with E-state index in [-0.39, 0.29) is 5.54 Å². The topological polar surface area (TPSA) is 87.5 Å². The van der Waals surface area contributed by atoms with Crippen LogP contribution in [0.2, 0.25) is 0 Å². The highest BCUT2D eigenvalue weighted by molar-refractivity contribution is 7.10. The number of nitrogens with zero attached hydrogens (tertiary/aromatic N) is 8. The van der Waals surface area contributed by atoms with Gasteiger partial charge in [0.05, 0.1) is 23.7 Å².